The average molecular weight is 473 g/mol. The first-order valence-electron chi connectivity index (χ1n) is 9.52. The summed E-state index contributed by atoms with van der Waals surface area (Å²) in [5.41, 5.74) is -4.21. The van der Waals surface area contributed by atoms with Crippen molar-refractivity contribution in [2.45, 2.75) is 38.8 Å². The molecule has 2 aromatic carbocycles. The maximum atomic E-state index is 13.0. The van der Waals surface area contributed by atoms with E-state index in [1.165, 1.54) is 24.4 Å². The average Bonchev–Trinajstić information content (AvgIpc) is 2.70. The van der Waals surface area contributed by atoms with Gasteiger partial charge in [0.25, 0.3) is 0 Å². The second-order valence-electron chi connectivity index (χ2n) is 7.56. The molecule has 0 aliphatic heterocycles. The molecular formula is C22H17F6NO4. The summed E-state index contributed by atoms with van der Waals surface area (Å²) in [6.07, 6.45) is -8.78. The summed E-state index contributed by atoms with van der Waals surface area (Å²) in [5.74, 6) is -1.46. The van der Waals surface area contributed by atoms with E-state index in [0.29, 0.717) is 17.6 Å². The van der Waals surface area contributed by atoms with E-state index >= 15 is 0 Å². The maximum Gasteiger partial charge on any atom is 0.416 e. The molecule has 5 nitrogen and oxygen atoms in total. The van der Waals surface area contributed by atoms with Crippen LogP contribution < -0.4 is 10.2 Å². The molecule has 0 aliphatic rings. The van der Waals surface area contributed by atoms with Crippen LogP contribution in [0.5, 0.6) is 5.75 Å². The number of aromatic nitrogens is 1. The van der Waals surface area contributed by atoms with Gasteiger partial charge in [0.2, 0.25) is 5.43 Å². The van der Waals surface area contributed by atoms with Gasteiger partial charge in [-0.15, -0.1) is 0 Å². The van der Waals surface area contributed by atoms with Crippen molar-refractivity contribution in [1.82, 2.24) is 4.57 Å². The molecule has 0 radical (unpaired) electrons. The highest BCUT2D eigenvalue weighted by Crippen LogP contribution is 2.36. The van der Waals surface area contributed by atoms with Gasteiger partial charge in [0, 0.05) is 12.2 Å². The van der Waals surface area contributed by atoms with E-state index in [9.17, 15) is 41.0 Å². The second kappa shape index (κ2) is 8.45. The number of hydrogen-bond donors (Lipinski definition) is 1. The van der Waals surface area contributed by atoms with Crippen LogP contribution >= 0.6 is 0 Å². The van der Waals surface area contributed by atoms with Crippen LogP contribution in [-0.2, 0) is 19.0 Å². The third-order valence-electron chi connectivity index (χ3n) is 4.84. The van der Waals surface area contributed by atoms with Gasteiger partial charge < -0.3 is 14.4 Å². The van der Waals surface area contributed by atoms with Crippen molar-refractivity contribution >= 4 is 16.9 Å². The summed E-state index contributed by atoms with van der Waals surface area (Å²) < 4.78 is 85.1. The predicted octanol–water partition coefficient (Wildman–Crippen LogP) is 5.90. The Bertz CT molecular complexity index is 1240. The SMILES string of the molecule is CC(C)n1cc(C(=O)O)c(=O)c2cc(OCc3cc(C(F)(F)F)cc(C(F)(F)F)c3)ccc21. The number of hydrogen-bond acceptors (Lipinski definition) is 3. The number of rotatable bonds is 5. The quantitative estimate of drug-likeness (QED) is 0.469. The van der Waals surface area contributed by atoms with Gasteiger partial charge in [0.1, 0.15) is 17.9 Å². The lowest BCUT2D eigenvalue weighted by atomic mass is 10.1. The van der Waals surface area contributed by atoms with Crippen molar-refractivity contribution in [3.8, 4) is 5.75 Å². The van der Waals surface area contributed by atoms with Crippen LogP contribution in [0.15, 0.2) is 47.4 Å². The van der Waals surface area contributed by atoms with Crippen LogP contribution in [-0.4, -0.2) is 15.6 Å². The fraction of sp³-hybridized carbons (Fsp3) is 0.273. The summed E-state index contributed by atoms with van der Waals surface area (Å²) >= 11 is 0. The molecule has 0 unspecified atom stereocenters. The Kier molecular flexibility index (Phi) is 6.18. The Balaban J connectivity index is 2.02. The normalized spacial score (nSPS) is 12.4. The van der Waals surface area contributed by atoms with Crippen LogP contribution in [0.25, 0.3) is 10.9 Å². The standard InChI is InChI=1S/C22H17F6NO4/c1-11(2)29-9-17(20(31)32)19(30)16-8-15(3-4-18(16)29)33-10-12-5-13(21(23,24)25)7-14(6-12)22(26,27)28/h3-9,11H,10H2,1-2H3,(H,31,32). The molecule has 0 spiro atoms. The summed E-state index contributed by atoms with van der Waals surface area (Å²) in [6.45, 7) is 2.90. The van der Waals surface area contributed by atoms with E-state index in [1.807, 2.05) is 0 Å². The van der Waals surface area contributed by atoms with Crippen molar-refractivity contribution in [1.29, 1.82) is 0 Å². The van der Waals surface area contributed by atoms with E-state index in [0.717, 1.165) is 0 Å². The van der Waals surface area contributed by atoms with Gasteiger partial charge in [-0.25, -0.2) is 4.79 Å². The van der Waals surface area contributed by atoms with Crippen molar-refractivity contribution in [3.05, 3.63) is 75.1 Å². The molecule has 0 saturated heterocycles. The van der Waals surface area contributed by atoms with Crippen LogP contribution in [0, 0.1) is 0 Å². The second-order valence-corrected chi connectivity index (χ2v) is 7.56. The highest BCUT2D eigenvalue weighted by molar-refractivity contribution is 5.93. The summed E-state index contributed by atoms with van der Waals surface area (Å²) in [7, 11) is 0. The first-order chi connectivity index (χ1) is 15.2. The monoisotopic (exact) mass is 473 g/mol. The molecule has 176 valence electrons. The van der Waals surface area contributed by atoms with Crippen molar-refractivity contribution in [2.75, 3.05) is 0 Å². The van der Waals surface area contributed by atoms with Crippen LogP contribution in [0.3, 0.4) is 0 Å². The molecule has 0 amide bonds. The smallest absolute Gasteiger partial charge is 0.416 e. The number of carbonyl (C=O) groups is 1. The number of fused-ring (bicyclic) bond motifs is 1. The maximum absolute atomic E-state index is 13.0. The van der Waals surface area contributed by atoms with Crippen LogP contribution in [0.1, 0.15) is 46.9 Å². The number of benzene rings is 2. The molecule has 0 saturated carbocycles. The number of alkyl halides is 6. The lowest BCUT2D eigenvalue weighted by molar-refractivity contribution is -0.143. The summed E-state index contributed by atoms with van der Waals surface area (Å²) in [6, 6.07) is 4.96. The van der Waals surface area contributed by atoms with E-state index in [-0.39, 0.29) is 28.8 Å². The van der Waals surface area contributed by atoms with E-state index in [2.05, 4.69) is 0 Å². The molecule has 11 heteroatoms. The van der Waals surface area contributed by atoms with Gasteiger partial charge in [-0.1, -0.05) is 0 Å². The minimum atomic E-state index is -4.99. The lowest BCUT2D eigenvalue weighted by Crippen LogP contribution is -2.19. The molecule has 1 aromatic heterocycles. The highest BCUT2D eigenvalue weighted by Gasteiger charge is 2.36. The van der Waals surface area contributed by atoms with Gasteiger partial charge in [0.05, 0.1) is 22.0 Å². The van der Waals surface area contributed by atoms with Crippen molar-refractivity contribution < 1.29 is 41.0 Å². The van der Waals surface area contributed by atoms with Gasteiger partial charge in [0.15, 0.2) is 0 Å². The van der Waals surface area contributed by atoms with E-state index < -0.39 is 47.0 Å². The van der Waals surface area contributed by atoms with Gasteiger partial charge >= 0.3 is 18.3 Å². The molecule has 1 N–H and O–H groups in total. The minimum Gasteiger partial charge on any atom is -0.489 e. The molecule has 3 aromatic rings. The van der Waals surface area contributed by atoms with Crippen molar-refractivity contribution in [3.63, 3.8) is 0 Å². The van der Waals surface area contributed by atoms with Crippen LogP contribution in [0.4, 0.5) is 26.3 Å². The number of halogens is 6. The Hall–Kier alpha value is -3.50. The van der Waals surface area contributed by atoms with Gasteiger partial charge in [-0.05, 0) is 55.8 Å². The summed E-state index contributed by atoms with van der Waals surface area (Å²) in [4.78, 5) is 24.0. The zero-order valence-electron chi connectivity index (χ0n) is 17.2. The number of nitrogens with zero attached hydrogens (tertiary/aromatic N) is 1. The molecule has 3 rings (SSSR count). The largest absolute Gasteiger partial charge is 0.489 e. The van der Waals surface area contributed by atoms with Crippen molar-refractivity contribution in [2.24, 2.45) is 0 Å². The number of carboxylic acid groups (broad SMARTS) is 1. The highest BCUT2D eigenvalue weighted by atomic mass is 19.4. The molecule has 0 aliphatic carbocycles. The lowest BCUT2D eigenvalue weighted by Gasteiger charge is -2.17. The predicted molar refractivity (Wildman–Crippen MR) is 106 cm³/mol. The molecule has 1 heterocycles. The molecule has 0 fully saturated rings. The first kappa shape index (κ1) is 24.1. The molecule has 0 bridgehead atoms. The number of ether oxygens (including phenoxy) is 1. The van der Waals surface area contributed by atoms with E-state index in [1.54, 1.807) is 18.4 Å². The first-order valence-corrected chi connectivity index (χ1v) is 9.52. The Morgan fingerprint density at radius 1 is 1.00 bits per heavy atom. The molecule has 33 heavy (non-hydrogen) atoms. The third-order valence-corrected chi connectivity index (χ3v) is 4.84. The topological polar surface area (TPSA) is 68.5 Å². The molecular weight excluding hydrogens is 456 g/mol. The number of pyridine rings is 1. The van der Waals surface area contributed by atoms with Crippen LogP contribution in [0.2, 0.25) is 0 Å². The fourth-order valence-corrected chi connectivity index (χ4v) is 3.27. The number of aromatic carboxylic acids is 1. The Morgan fingerprint density at radius 2 is 1.58 bits per heavy atom. The zero-order valence-corrected chi connectivity index (χ0v) is 17.2. The van der Waals surface area contributed by atoms with Gasteiger partial charge in [-0.2, -0.15) is 26.3 Å². The zero-order chi connectivity index (χ0) is 24.7. The van der Waals surface area contributed by atoms with E-state index in [4.69, 9.17) is 4.74 Å². The summed E-state index contributed by atoms with van der Waals surface area (Å²) in [5, 5.41) is 9.29. The third kappa shape index (κ3) is 5.12. The molecule has 0 atom stereocenters. The fourth-order valence-electron chi connectivity index (χ4n) is 3.27. The number of carboxylic acids is 1. The minimum absolute atomic E-state index is 0.0128. The Labute approximate surface area is 182 Å². The Morgan fingerprint density at radius 3 is 2.06 bits per heavy atom. The van der Waals surface area contributed by atoms with Gasteiger partial charge in [-0.3, -0.25) is 4.79 Å².